The number of nitrogens with zero attached hydrogens (tertiary/aromatic N) is 1. The fourth-order valence-electron chi connectivity index (χ4n) is 4.77. The monoisotopic (exact) mass is 469 g/mol. The first-order valence-corrected chi connectivity index (χ1v) is 11.3. The van der Waals surface area contributed by atoms with Crippen molar-refractivity contribution in [2.24, 2.45) is 17.8 Å². The molecule has 0 radical (unpaired) electrons. The van der Waals surface area contributed by atoms with Crippen LogP contribution in [0.1, 0.15) is 60.3 Å². The predicted molar refractivity (Wildman–Crippen MR) is 107 cm³/mol. The Balaban J connectivity index is 1.47. The van der Waals surface area contributed by atoms with E-state index in [1.165, 1.54) is 0 Å². The number of ether oxygens (including phenoxy) is 3. The number of carbonyl (C=O) groups excluding carboxylic acids is 3. The van der Waals surface area contributed by atoms with Gasteiger partial charge in [-0.15, -0.1) is 0 Å². The standard InChI is InChI=1S/C23H26F3NO6/c24-23(25,26)17-7-6-15(22(30)19-20(28)13-4-5-14(11-13)21(19)29)16(27-17)12-31-9-10-33-18-3-1-2-8-32-18/h6-7,13-14,18-19H,1-5,8-12H2. The van der Waals surface area contributed by atoms with E-state index in [0.29, 0.717) is 31.9 Å². The molecule has 180 valence electrons. The molecular weight excluding hydrogens is 443 g/mol. The van der Waals surface area contributed by atoms with Gasteiger partial charge in [-0.25, -0.2) is 4.98 Å². The number of hydrogen-bond acceptors (Lipinski definition) is 7. The van der Waals surface area contributed by atoms with E-state index in [4.69, 9.17) is 14.2 Å². The van der Waals surface area contributed by atoms with Gasteiger partial charge in [0.05, 0.1) is 25.5 Å². The van der Waals surface area contributed by atoms with Crippen molar-refractivity contribution in [3.8, 4) is 0 Å². The zero-order chi connectivity index (χ0) is 23.6. The average molecular weight is 469 g/mol. The summed E-state index contributed by atoms with van der Waals surface area (Å²) in [5.74, 6) is -3.84. The van der Waals surface area contributed by atoms with Gasteiger partial charge in [0.25, 0.3) is 0 Å². The molecule has 3 aliphatic rings. The lowest BCUT2D eigenvalue weighted by molar-refractivity contribution is -0.169. The maximum atomic E-state index is 13.2. The van der Waals surface area contributed by atoms with Gasteiger partial charge < -0.3 is 14.2 Å². The summed E-state index contributed by atoms with van der Waals surface area (Å²) in [6.07, 6.45) is -0.742. The number of rotatable bonds is 8. The third-order valence-electron chi connectivity index (χ3n) is 6.51. The van der Waals surface area contributed by atoms with Crippen molar-refractivity contribution >= 4 is 17.3 Å². The summed E-state index contributed by atoms with van der Waals surface area (Å²) in [6, 6.07) is 1.67. The first-order valence-electron chi connectivity index (χ1n) is 11.3. The second kappa shape index (κ2) is 9.99. The summed E-state index contributed by atoms with van der Waals surface area (Å²) in [7, 11) is 0. The Morgan fingerprint density at radius 3 is 2.42 bits per heavy atom. The highest BCUT2D eigenvalue weighted by Gasteiger charge is 2.50. The Morgan fingerprint density at radius 1 is 1.06 bits per heavy atom. The maximum Gasteiger partial charge on any atom is 0.433 e. The number of carbonyl (C=O) groups is 3. The second-order valence-corrected chi connectivity index (χ2v) is 8.72. The summed E-state index contributed by atoms with van der Waals surface area (Å²) in [6.45, 7) is 0.444. The van der Waals surface area contributed by atoms with Gasteiger partial charge in [-0.05, 0) is 50.7 Å². The molecule has 3 fully saturated rings. The van der Waals surface area contributed by atoms with Gasteiger partial charge in [0.15, 0.2) is 23.6 Å². The largest absolute Gasteiger partial charge is 0.433 e. The molecule has 2 heterocycles. The van der Waals surface area contributed by atoms with Crippen molar-refractivity contribution < 1.29 is 41.8 Å². The second-order valence-electron chi connectivity index (χ2n) is 8.72. The molecule has 0 aromatic carbocycles. The fourth-order valence-corrected chi connectivity index (χ4v) is 4.77. The first-order chi connectivity index (χ1) is 15.8. The van der Waals surface area contributed by atoms with E-state index in [0.717, 1.165) is 25.3 Å². The third kappa shape index (κ3) is 5.33. The number of hydrogen-bond donors (Lipinski definition) is 0. The normalized spacial score (nSPS) is 27.7. The van der Waals surface area contributed by atoms with Gasteiger partial charge in [-0.3, -0.25) is 14.4 Å². The molecule has 0 amide bonds. The molecule has 33 heavy (non-hydrogen) atoms. The SMILES string of the molecule is O=C(c1ccc(C(F)(F)F)nc1COCCOC1CCCCO1)C1C(=O)C2CCC(C2)C1=O. The molecule has 2 aliphatic carbocycles. The number of pyridine rings is 1. The molecule has 7 nitrogen and oxygen atoms in total. The quantitative estimate of drug-likeness (QED) is 0.327. The molecule has 2 bridgehead atoms. The van der Waals surface area contributed by atoms with Crippen LogP contribution in [0.5, 0.6) is 0 Å². The Bertz CT molecular complexity index is 890. The molecule has 1 aromatic heterocycles. The summed E-state index contributed by atoms with van der Waals surface area (Å²) >= 11 is 0. The summed E-state index contributed by atoms with van der Waals surface area (Å²) < 4.78 is 56.0. The fraction of sp³-hybridized carbons (Fsp3) is 0.652. The van der Waals surface area contributed by atoms with Gasteiger partial charge in [-0.2, -0.15) is 13.2 Å². The summed E-state index contributed by atoms with van der Waals surface area (Å²) in [4.78, 5) is 42.1. The highest BCUT2D eigenvalue weighted by atomic mass is 19.4. The van der Waals surface area contributed by atoms with E-state index in [1.54, 1.807) is 0 Å². The minimum Gasteiger partial charge on any atom is -0.373 e. The van der Waals surface area contributed by atoms with Crippen LogP contribution >= 0.6 is 0 Å². The van der Waals surface area contributed by atoms with Crippen LogP contribution in [-0.2, 0) is 36.6 Å². The molecule has 4 rings (SSSR count). The maximum absolute atomic E-state index is 13.2. The van der Waals surface area contributed by atoms with Crippen molar-refractivity contribution in [1.29, 1.82) is 0 Å². The molecular formula is C23H26F3NO6. The van der Waals surface area contributed by atoms with Gasteiger partial charge in [0, 0.05) is 24.0 Å². The number of fused-ring (bicyclic) bond motifs is 2. The zero-order valence-corrected chi connectivity index (χ0v) is 18.1. The smallest absolute Gasteiger partial charge is 0.373 e. The van der Waals surface area contributed by atoms with Crippen molar-refractivity contribution in [2.75, 3.05) is 19.8 Å². The van der Waals surface area contributed by atoms with E-state index in [1.807, 2.05) is 0 Å². The van der Waals surface area contributed by atoms with Gasteiger partial charge in [-0.1, -0.05) is 0 Å². The number of alkyl halides is 3. The Morgan fingerprint density at radius 2 is 1.79 bits per heavy atom. The molecule has 3 atom stereocenters. The highest BCUT2D eigenvalue weighted by Crippen LogP contribution is 2.41. The lowest BCUT2D eigenvalue weighted by Crippen LogP contribution is -2.42. The van der Waals surface area contributed by atoms with Crippen LogP contribution in [0.2, 0.25) is 0 Å². The van der Waals surface area contributed by atoms with Crippen molar-refractivity contribution in [3.63, 3.8) is 0 Å². The van der Waals surface area contributed by atoms with Crippen LogP contribution in [0.4, 0.5) is 13.2 Å². The van der Waals surface area contributed by atoms with Crippen molar-refractivity contribution in [3.05, 3.63) is 29.1 Å². The third-order valence-corrected chi connectivity index (χ3v) is 6.51. The lowest BCUT2D eigenvalue weighted by Gasteiger charge is -2.25. The van der Waals surface area contributed by atoms with E-state index in [9.17, 15) is 27.6 Å². The summed E-state index contributed by atoms with van der Waals surface area (Å²) in [5.41, 5.74) is -1.61. The van der Waals surface area contributed by atoms with Gasteiger partial charge >= 0.3 is 6.18 Å². The van der Waals surface area contributed by atoms with E-state index >= 15 is 0 Å². The predicted octanol–water partition coefficient (Wildman–Crippen LogP) is 3.53. The minimum absolute atomic E-state index is 0.0524. The van der Waals surface area contributed by atoms with Crippen LogP contribution < -0.4 is 0 Å². The van der Waals surface area contributed by atoms with Crippen LogP contribution in [0.25, 0.3) is 0 Å². The molecule has 0 N–H and O–H groups in total. The van der Waals surface area contributed by atoms with Crippen LogP contribution in [0, 0.1) is 17.8 Å². The van der Waals surface area contributed by atoms with Crippen molar-refractivity contribution in [2.45, 2.75) is 57.6 Å². The highest BCUT2D eigenvalue weighted by molar-refractivity contribution is 6.26. The van der Waals surface area contributed by atoms with Crippen molar-refractivity contribution in [1.82, 2.24) is 4.98 Å². The Kier molecular flexibility index (Phi) is 7.25. The molecule has 3 unspecified atom stereocenters. The average Bonchev–Trinajstić information content (AvgIpc) is 3.25. The van der Waals surface area contributed by atoms with E-state index in [-0.39, 0.29) is 49.2 Å². The molecule has 1 aliphatic heterocycles. The van der Waals surface area contributed by atoms with E-state index < -0.39 is 35.1 Å². The summed E-state index contributed by atoms with van der Waals surface area (Å²) in [5, 5.41) is 0. The van der Waals surface area contributed by atoms with Gasteiger partial charge in [0.1, 0.15) is 11.6 Å². The molecule has 2 saturated carbocycles. The molecule has 1 aromatic rings. The van der Waals surface area contributed by atoms with E-state index in [2.05, 4.69) is 4.98 Å². The molecule has 1 saturated heterocycles. The van der Waals surface area contributed by atoms with Gasteiger partial charge in [0.2, 0.25) is 0 Å². The minimum atomic E-state index is -4.71. The Hall–Kier alpha value is -2.17. The van der Waals surface area contributed by atoms with Crippen LogP contribution in [0.15, 0.2) is 12.1 Å². The molecule has 10 heteroatoms. The molecule has 0 spiro atoms. The number of halogens is 3. The number of Topliss-reactive ketones (excluding diaryl/α,β-unsaturated/α-hetero) is 3. The number of aromatic nitrogens is 1. The topological polar surface area (TPSA) is 91.8 Å². The Labute approximate surface area is 189 Å². The van der Waals surface area contributed by atoms with Crippen LogP contribution in [0.3, 0.4) is 0 Å². The zero-order valence-electron chi connectivity index (χ0n) is 18.1. The van der Waals surface area contributed by atoms with Crippen LogP contribution in [-0.4, -0.2) is 48.4 Å². The first kappa shape index (κ1) is 24.0. The number of ketones is 3. The lowest BCUT2D eigenvalue weighted by atomic mass is 9.75.